The monoisotopic (exact) mass is 355 g/mol. The van der Waals surface area contributed by atoms with Crippen LogP contribution < -0.4 is 5.73 Å². The molecular formula is C22H33N3O. The van der Waals surface area contributed by atoms with E-state index in [2.05, 4.69) is 40.1 Å². The summed E-state index contributed by atoms with van der Waals surface area (Å²) in [5.74, 6) is 0.768. The third kappa shape index (κ3) is 3.96. The van der Waals surface area contributed by atoms with Crippen molar-refractivity contribution in [3.8, 4) is 0 Å². The Bertz CT molecular complexity index is 619. The van der Waals surface area contributed by atoms with Gasteiger partial charge in [0.2, 0.25) is 5.91 Å². The summed E-state index contributed by atoms with van der Waals surface area (Å²) in [7, 11) is 0. The van der Waals surface area contributed by atoms with Gasteiger partial charge in [0.15, 0.2) is 0 Å². The summed E-state index contributed by atoms with van der Waals surface area (Å²) >= 11 is 0. The number of rotatable bonds is 4. The molecule has 4 nitrogen and oxygen atoms in total. The third-order valence-corrected chi connectivity index (χ3v) is 6.94. The average Bonchev–Trinajstić information content (AvgIpc) is 3.23. The highest BCUT2D eigenvalue weighted by Crippen LogP contribution is 2.40. The molecule has 26 heavy (non-hydrogen) atoms. The Morgan fingerprint density at radius 3 is 2.69 bits per heavy atom. The highest BCUT2D eigenvalue weighted by Gasteiger charge is 2.43. The smallest absolute Gasteiger partial charge is 0.222 e. The van der Waals surface area contributed by atoms with Crippen LogP contribution in [0.3, 0.4) is 0 Å². The number of piperidine rings is 1. The molecule has 0 bridgehead atoms. The fourth-order valence-corrected chi connectivity index (χ4v) is 5.44. The standard InChI is InChI=1S/C22H33N3O/c23-20-9-4-8-19(20)14-21(26)25-13-11-22(17-25)10-5-12-24(16-22)15-18-6-2-1-3-7-18/h1-3,6-7,19-20H,4-5,8-17,23H2/t19-,20+,22?/m0/s1. The van der Waals surface area contributed by atoms with Gasteiger partial charge < -0.3 is 10.6 Å². The van der Waals surface area contributed by atoms with Crippen LogP contribution in [0.25, 0.3) is 0 Å². The van der Waals surface area contributed by atoms with Crippen molar-refractivity contribution in [1.29, 1.82) is 0 Å². The van der Waals surface area contributed by atoms with Gasteiger partial charge in [-0.25, -0.2) is 0 Å². The summed E-state index contributed by atoms with van der Waals surface area (Å²) < 4.78 is 0. The van der Waals surface area contributed by atoms with Gasteiger partial charge in [-0.15, -0.1) is 0 Å². The van der Waals surface area contributed by atoms with Gasteiger partial charge >= 0.3 is 0 Å². The fourth-order valence-electron chi connectivity index (χ4n) is 5.44. The maximum Gasteiger partial charge on any atom is 0.222 e. The zero-order valence-corrected chi connectivity index (χ0v) is 15.9. The molecule has 142 valence electrons. The zero-order chi connectivity index (χ0) is 18.0. The van der Waals surface area contributed by atoms with Crippen molar-refractivity contribution in [3.05, 3.63) is 35.9 Å². The SMILES string of the molecule is N[C@@H]1CCC[C@H]1CC(=O)N1CCC2(CCCN(Cc3ccccc3)C2)C1. The van der Waals surface area contributed by atoms with E-state index in [9.17, 15) is 4.79 Å². The molecule has 3 fully saturated rings. The number of nitrogens with two attached hydrogens (primary N) is 1. The van der Waals surface area contributed by atoms with E-state index in [1.165, 1.54) is 37.8 Å². The molecule has 4 rings (SSSR count). The zero-order valence-electron chi connectivity index (χ0n) is 15.9. The van der Waals surface area contributed by atoms with Crippen LogP contribution in [0.15, 0.2) is 30.3 Å². The first-order valence-corrected chi connectivity index (χ1v) is 10.4. The summed E-state index contributed by atoms with van der Waals surface area (Å²) in [6.45, 7) is 5.25. The molecule has 1 aromatic carbocycles. The molecule has 0 radical (unpaired) electrons. The number of hydrogen-bond donors (Lipinski definition) is 1. The number of benzene rings is 1. The van der Waals surface area contributed by atoms with Gasteiger partial charge in [0.1, 0.15) is 0 Å². The van der Waals surface area contributed by atoms with Crippen molar-refractivity contribution in [3.63, 3.8) is 0 Å². The molecule has 3 aliphatic rings. The number of carbonyl (C=O) groups excluding carboxylic acids is 1. The molecule has 2 heterocycles. The van der Waals surface area contributed by atoms with E-state index in [-0.39, 0.29) is 6.04 Å². The molecular weight excluding hydrogens is 322 g/mol. The van der Waals surface area contributed by atoms with Gasteiger partial charge in [-0.3, -0.25) is 9.69 Å². The summed E-state index contributed by atoms with van der Waals surface area (Å²) in [4.78, 5) is 17.5. The lowest BCUT2D eigenvalue weighted by molar-refractivity contribution is -0.131. The van der Waals surface area contributed by atoms with Gasteiger partial charge in [-0.2, -0.15) is 0 Å². The molecule has 3 atom stereocenters. The Labute approximate surface area is 157 Å². The van der Waals surface area contributed by atoms with Crippen LogP contribution in [0, 0.1) is 11.3 Å². The third-order valence-electron chi connectivity index (χ3n) is 6.94. The van der Waals surface area contributed by atoms with Gasteiger partial charge in [-0.05, 0) is 50.1 Å². The van der Waals surface area contributed by atoms with E-state index in [4.69, 9.17) is 5.73 Å². The second-order valence-electron chi connectivity index (χ2n) is 8.92. The Morgan fingerprint density at radius 1 is 1.08 bits per heavy atom. The second-order valence-corrected chi connectivity index (χ2v) is 8.92. The highest BCUT2D eigenvalue weighted by molar-refractivity contribution is 5.77. The van der Waals surface area contributed by atoms with E-state index in [1.54, 1.807) is 0 Å². The first-order valence-electron chi connectivity index (χ1n) is 10.4. The molecule has 4 heteroatoms. The lowest BCUT2D eigenvalue weighted by Crippen LogP contribution is -2.45. The maximum absolute atomic E-state index is 12.8. The highest BCUT2D eigenvalue weighted by atomic mass is 16.2. The van der Waals surface area contributed by atoms with Crippen LogP contribution in [0.5, 0.6) is 0 Å². The minimum Gasteiger partial charge on any atom is -0.342 e. The summed E-state index contributed by atoms with van der Waals surface area (Å²) in [5, 5.41) is 0. The maximum atomic E-state index is 12.8. The first-order chi connectivity index (χ1) is 12.6. The van der Waals surface area contributed by atoms with Crippen LogP contribution in [-0.4, -0.2) is 47.9 Å². The number of hydrogen-bond acceptors (Lipinski definition) is 3. The number of carbonyl (C=O) groups is 1. The number of amides is 1. The van der Waals surface area contributed by atoms with Crippen molar-refractivity contribution in [2.45, 2.75) is 57.5 Å². The van der Waals surface area contributed by atoms with Gasteiger partial charge in [0.25, 0.3) is 0 Å². The number of nitrogens with zero attached hydrogens (tertiary/aromatic N) is 2. The van der Waals surface area contributed by atoms with Crippen molar-refractivity contribution in [2.24, 2.45) is 17.1 Å². The number of likely N-dealkylation sites (tertiary alicyclic amines) is 2. The van der Waals surface area contributed by atoms with Gasteiger partial charge in [0, 0.05) is 44.1 Å². The minimum absolute atomic E-state index is 0.242. The predicted molar refractivity (Wildman–Crippen MR) is 105 cm³/mol. The largest absolute Gasteiger partial charge is 0.342 e. The fraction of sp³-hybridized carbons (Fsp3) is 0.682. The van der Waals surface area contributed by atoms with Crippen molar-refractivity contribution >= 4 is 5.91 Å². The van der Waals surface area contributed by atoms with E-state index in [0.29, 0.717) is 23.7 Å². The van der Waals surface area contributed by atoms with Crippen LogP contribution in [-0.2, 0) is 11.3 Å². The molecule has 1 saturated carbocycles. The van der Waals surface area contributed by atoms with E-state index < -0.39 is 0 Å². The molecule has 2 saturated heterocycles. The van der Waals surface area contributed by atoms with E-state index >= 15 is 0 Å². The first kappa shape index (κ1) is 18.0. The van der Waals surface area contributed by atoms with Crippen LogP contribution in [0.4, 0.5) is 0 Å². The average molecular weight is 356 g/mol. The molecule has 1 unspecified atom stereocenters. The van der Waals surface area contributed by atoms with Gasteiger partial charge in [0.05, 0.1) is 0 Å². The molecule has 1 aromatic rings. The molecule has 1 aliphatic carbocycles. The van der Waals surface area contributed by atoms with Crippen molar-refractivity contribution in [1.82, 2.24) is 9.80 Å². The topological polar surface area (TPSA) is 49.6 Å². The Morgan fingerprint density at radius 2 is 1.92 bits per heavy atom. The Kier molecular flexibility index (Phi) is 5.32. The van der Waals surface area contributed by atoms with E-state index in [0.717, 1.165) is 39.0 Å². The minimum atomic E-state index is 0.242. The molecule has 1 amide bonds. The summed E-state index contributed by atoms with van der Waals surface area (Å²) in [5.41, 5.74) is 7.89. The van der Waals surface area contributed by atoms with Crippen LogP contribution in [0.1, 0.15) is 50.5 Å². The lowest BCUT2D eigenvalue weighted by Gasteiger charge is -2.40. The van der Waals surface area contributed by atoms with Crippen LogP contribution in [0.2, 0.25) is 0 Å². The lowest BCUT2D eigenvalue weighted by atomic mass is 9.79. The normalized spacial score (nSPS) is 32.4. The molecule has 1 spiro atoms. The second kappa shape index (κ2) is 7.69. The Balaban J connectivity index is 1.33. The van der Waals surface area contributed by atoms with Crippen molar-refractivity contribution in [2.75, 3.05) is 26.2 Å². The van der Waals surface area contributed by atoms with Crippen molar-refractivity contribution < 1.29 is 4.79 Å². The predicted octanol–water partition coefficient (Wildman–Crippen LogP) is 3.02. The molecule has 0 aromatic heterocycles. The molecule has 2 N–H and O–H groups in total. The summed E-state index contributed by atoms with van der Waals surface area (Å²) in [6.07, 6.45) is 7.78. The summed E-state index contributed by atoms with van der Waals surface area (Å²) in [6, 6.07) is 11.0. The van der Waals surface area contributed by atoms with E-state index in [1.807, 2.05) is 0 Å². The van der Waals surface area contributed by atoms with Gasteiger partial charge in [-0.1, -0.05) is 36.8 Å². The quantitative estimate of drug-likeness (QED) is 0.903. The molecule has 2 aliphatic heterocycles. The van der Waals surface area contributed by atoms with Crippen LogP contribution >= 0.6 is 0 Å². The Hall–Kier alpha value is -1.39.